The maximum Gasteiger partial charge on any atom is 0.160 e. The van der Waals surface area contributed by atoms with E-state index in [4.69, 9.17) is 9.97 Å². The smallest absolute Gasteiger partial charge is 0.160 e. The normalized spacial score (nSPS) is 11.2. The minimum atomic E-state index is 0.774. The van der Waals surface area contributed by atoms with Gasteiger partial charge in [0, 0.05) is 99.5 Å². The molecule has 12 aromatic heterocycles. The summed E-state index contributed by atoms with van der Waals surface area (Å²) in [4.78, 5) is 55.4. The molecule has 17 aromatic carbocycles. The van der Waals surface area contributed by atoms with Crippen molar-refractivity contribution in [3.63, 3.8) is 0 Å². The number of thiophene rings is 6. The summed E-state index contributed by atoms with van der Waals surface area (Å²) >= 11 is 10.6. The summed E-state index contributed by atoms with van der Waals surface area (Å²) < 4.78 is 14.4. The second kappa shape index (κ2) is 40.8. The second-order valence-electron chi connectivity index (χ2n) is 34.0. The van der Waals surface area contributed by atoms with Crippen LogP contribution in [0, 0.1) is 0 Å². The van der Waals surface area contributed by atoms with Crippen LogP contribution >= 0.6 is 68.0 Å². The van der Waals surface area contributed by atoms with Crippen molar-refractivity contribution in [2.75, 3.05) is 0 Å². The van der Waals surface area contributed by atoms with Gasteiger partial charge in [-0.05, 0) is 80.9 Å². The molecule has 0 fully saturated rings. The lowest BCUT2D eigenvalue weighted by molar-refractivity contribution is 1.24. The van der Waals surface area contributed by atoms with Crippen LogP contribution < -0.4 is 0 Å². The van der Waals surface area contributed by atoms with Crippen LogP contribution in [-0.2, 0) is 0 Å². The summed E-state index contributed by atoms with van der Waals surface area (Å²) in [6, 6.07) is 157. The van der Waals surface area contributed by atoms with Gasteiger partial charge in [-0.3, -0.25) is 0 Å². The van der Waals surface area contributed by atoms with Crippen LogP contribution in [0.25, 0.3) is 245 Å². The van der Waals surface area contributed by atoms with E-state index in [0.29, 0.717) is 0 Å². The molecule has 0 bridgehead atoms. The van der Waals surface area contributed by atoms with Crippen LogP contribution in [-0.4, -0.2) is 59.8 Å². The molecule has 0 atom stereocenters. The zero-order valence-electron chi connectivity index (χ0n) is 77.0. The van der Waals surface area contributed by atoms with E-state index in [2.05, 4.69) is 365 Å². The van der Waals surface area contributed by atoms with E-state index in [9.17, 15) is 0 Å². The predicted octanol–water partition coefficient (Wildman–Crippen LogP) is 35.4. The summed E-state index contributed by atoms with van der Waals surface area (Å²) in [5.74, 6) is 0.774. The zero-order valence-corrected chi connectivity index (χ0v) is 81.9. The third-order valence-electron chi connectivity index (χ3n) is 25.1. The van der Waals surface area contributed by atoms with Gasteiger partial charge in [0.05, 0.1) is 95.5 Å². The van der Waals surface area contributed by atoms with Crippen molar-refractivity contribution in [1.29, 1.82) is 0 Å². The van der Waals surface area contributed by atoms with Crippen molar-refractivity contribution in [3.8, 4) is 123 Å². The number of nitrogens with zero attached hydrogens (tertiary/aromatic N) is 12. The third-order valence-corrected chi connectivity index (χ3v) is 32.2. The lowest BCUT2D eigenvalue weighted by atomic mass is 10.0. The van der Waals surface area contributed by atoms with Gasteiger partial charge in [-0.2, -0.15) is 0 Å². The van der Waals surface area contributed by atoms with Gasteiger partial charge < -0.3 is 0 Å². The van der Waals surface area contributed by atoms with Gasteiger partial charge in [-0.1, -0.05) is 419 Å². The van der Waals surface area contributed by atoms with Crippen LogP contribution in [0.4, 0.5) is 0 Å². The standard InChI is InChI=1S/5C22H14N2S.C16H10N2S/c1-3-9-15(10-4-1)19-21-20(17-13-7-8-14-18(17)25-21)24-22(23-19)16-11-5-2-6-12-16;1-3-8-15(9-4-1)17-12-7-13-18-19(17)21-22(25-18)20(23-14-24-21)16-10-5-2-6-11-16;1-3-8-15(9-4-1)17-12-7-13-18-20-22(25-21(17)18)19(23-14-24-20)16-10-5-2-6-11-16;1-3-7-15(8-4-1)17-11-12-19-18(13-17)21-22(25-19)20(23-14-24-21)16-9-5-2-6-10-16;1-3-7-15(8-4-1)17-11-12-18-19(13-17)25-22-20(23-14-24-21(18)22)16-9-5-2-6-10-16;1-2-6-11(7-3-1)14-16-15(18-10-17-14)12-8-4-5-9-13(12)19-16/h5*1-14H;1-10H. The Morgan fingerprint density at radius 3 is 0.875 bits per heavy atom. The highest BCUT2D eigenvalue weighted by molar-refractivity contribution is 7.28. The fourth-order valence-corrected chi connectivity index (χ4v) is 25.5. The number of hydrogen-bond donors (Lipinski definition) is 0. The Hall–Kier alpha value is -17.5. The first-order valence-corrected chi connectivity index (χ1v) is 51.9. The molecule has 0 aliphatic heterocycles. The fourth-order valence-electron chi connectivity index (χ4n) is 18.3. The molecule has 0 spiro atoms. The van der Waals surface area contributed by atoms with Crippen molar-refractivity contribution in [3.05, 3.63) is 487 Å². The van der Waals surface area contributed by atoms with Gasteiger partial charge in [-0.25, -0.2) is 59.8 Å². The molecule has 0 amide bonds. The Morgan fingerprint density at radius 2 is 0.424 bits per heavy atom. The molecule has 0 N–H and O–H groups in total. The van der Waals surface area contributed by atoms with Gasteiger partial charge in [0.1, 0.15) is 31.6 Å². The molecule has 0 saturated heterocycles. The largest absolute Gasteiger partial charge is 0.235 e. The average molecular weight is 1950 g/mol. The summed E-state index contributed by atoms with van der Waals surface area (Å²) in [5, 5.41) is 7.20. The number of aromatic nitrogens is 12. The summed E-state index contributed by atoms with van der Waals surface area (Å²) in [5.41, 5.74) is 29.9. The maximum atomic E-state index is 4.94. The Labute approximate surface area is 852 Å². The molecule has 144 heavy (non-hydrogen) atoms. The first-order chi connectivity index (χ1) is 71.5. The quantitative estimate of drug-likeness (QED) is 0.121. The first kappa shape index (κ1) is 89.2. The molecule has 29 aromatic rings. The molecule has 18 heteroatoms. The van der Waals surface area contributed by atoms with E-state index in [1.54, 1.807) is 99.7 Å². The van der Waals surface area contributed by atoms with Crippen LogP contribution in [0.15, 0.2) is 487 Å². The lowest BCUT2D eigenvalue weighted by Crippen LogP contribution is -1.93. The SMILES string of the molecule is c1ccc(-c2ccc3c(c2)sc2c(-c4ccccc4)ncnc23)cc1.c1ccc(-c2ccc3sc4c(-c5ccccc5)ncnc4c3c2)cc1.c1ccc(-c2cccc3c2sc2c(-c4ccccc4)ncnc23)cc1.c1ccc(-c2nc(-c3ccccc3)c3sc4ccccc4c3n2)cc1.c1ccc(-c2ncnc3c2sc2cccc(-c4ccccc4)c23)cc1.c1ccc(-c2ncnc3c2sc2ccccc23)cc1. The summed E-state index contributed by atoms with van der Waals surface area (Å²) in [6.45, 7) is 0. The van der Waals surface area contributed by atoms with Gasteiger partial charge in [-0.15, -0.1) is 68.0 Å². The lowest BCUT2D eigenvalue weighted by Gasteiger charge is -2.06. The molecular weight excluding hydrogens is 1870 g/mol. The number of benzene rings is 17. The highest BCUT2D eigenvalue weighted by Gasteiger charge is 2.23. The minimum Gasteiger partial charge on any atom is -0.235 e. The second-order valence-corrected chi connectivity index (χ2v) is 40.3. The molecule has 29 rings (SSSR count). The van der Waals surface area contributed by atoms with E-state index in [1.165, 1.54) is 105 Å². The number of rotatable bonds is 11. The number of fused-ring (bicyclic) bond motifs is 18. The van der Waals surface area contributed by atoms with Crippen molar-refractivity contribution in [2.24, 2.45) is 0 Å². The van der Waals surface area contributed by atoms with Crippen molar-refractivity contribution >= 4 is 190 Å². The van der Waals surface area contributed by atoms with Gasteiger partial charge in [0.2, 0.25) is 0 Å². The maximum absolute atomic E-state index is 4.94. The van der Waals surface area contributed by atoms with Crippen LogP contribution in [0.1, 0.15) is 0 Å². The van der Waals surface area contributed by atoms with Crippen LogP contribution in [0.5, 0.6) is 0 Å². The number of hydrogen-bond acceptors (Lipinski definition) is 18. The van der Waals surface area contributed by atoms with E-state index in [-0.39, 0.29) is 0 Å². The predicted molar refractivity (Wildman–Crippen MR) is 609 cm³/mol. The Balaban J connectivity index is 0.0000000932. The van der Waals surface area contributed by atoms with Crippen LogP contribution in [0.3, 0.4) is 0 Å². The third kappa shape index (κ3) is 18.0. The Bertz CT molecular complexity index is 9400. The van der Waals surface area contributed by atoms with E-state index < -0.39 is 0 Å². The topological polar surface area (TPSA) is 155 Å². The summed E-state index contributed by atoms with van der Waals surface area (Å²) in [7, 11) is 0. The van der Waals surface area contributed by atoms with E-state index >= 15 is 0 Å². The van der Waals surface area contributed by atoms with E-state index in [1.807, 2.05) is 140 Å². The van der Waals surface area contributed by atoms with Crippen molar-refractivity contribution in [1.82, 2.24) is 59.8 Å². The van der Waals surface area contributed by atoms with Gasteiger partial charge in [0.15, 0.2) is 5.82 Å². The van der Waals surface area contributed by atoms with Gasteiger partial charge in [0.25, 0.3) is 0 Å². The fraction of sp³-hybridized carbons (Fsp3) is 0. The molecule has 680 valence electrons. The highest BCUT2D eigenvalue weighted by atomic mass is 32.1. The molecule has 12 nitrogen and oxygen atoms in total. The molecule has 0 radical (unpaired) electrons. The Kier molecular flexibility index (Phi) is 25.2. The summed E-state index contributed by atoms with van der Waals surface area (Å²) in [6.07, 6.45) is 8.35. The van der Waals surface area contributed by atoms with Gasteiger partial charge >= 0.3 is 0 Å². The molecule has 0 saturated carbocycles. The minimum absolute atomic E-state index is 0.774. The van der Waals surface area contributed by atoms with Crippen molar-refractivity contribution in [2.45, 2.75) is 0 Å². The van der Waals surface area contributed by atoms with Crippen LogP contribution in [0.2, 0.25) is 0 Å². The monoisotopic (exact) mass is 1950 g/mol. The first-order valence-electron chi connectivity index (χ1n) is 47.0. The molecular formula is C126H80N12S6. The Morgan fingerprint density at radius 1 is 0.139 bits per heavy atom. The molecule has 0 unspecified atom stereocenters. The molecule has 12 heterocycles. The van der Waals surface area contributed by atoms with E-state index in [0.717, 1.165) is 140 Å². The van der Waals surface area contributed by atoms with Crippen molar-refractivity contribution < 1.29 is 0 Å². The zero-order chi connectivity index (χ0) is 95.9. The average Bonchev–Trinajstić information content (AvgIpc) is 1.64. The molecule has 0 aliphatic rings. The highest BCUT2D eigenvalue weighted by Crippen LogP contribution is 2.48. The molecule has 0 aliphatic carbocycles.